The number of carbonyl (C=O) groups excluding carboxylic acids is 2. The largest absolute Gasteiger partial charge is 0.326 e. The topological polar surface area (TPSA) is 58.2 Å². The van der Waals surface area contributed by atoms with E-state index >= 15 is 0 Å². The second-order valence-corrected chi connectivity index (χ2v) is 6.48. The van der Waals surface area contributed by atoms with E-state index in [-0.39, 0.29) is 17.6 Å². The fourth-order valence-corrected chi connectivity index (χ4v) is 3.54. The molecule has 0 bridgehead atoms. The van der Waals surface area contributed by atoms with E-state index in [1.807, 2.05) is 0 Å². The molecule has 0 atom stereocenters. The van der Waals surface area contributed by atoms with E-state index in [1.165, 1.54) is 13.0 Å². The van der Waals surface area contributed by atoms with Gasteiger partial charge in [0.2, 0.25) is 11.8 Å². The fraction of sp³-hybridized carbons (Fsp3) is 0.300. The van der Waals surface area contributed by atoms with Gasteiger partial charge < -0.3 is 10.6 Å². The summed E-state index contributed by atoms with van der Waals surface area (Å²) in [5.41, 5.74) is 0.943. The van der Waals surface area contributed by atoms with Gasteiger partial charge in [0.1, 0.15) is 5.82 Å². The van der Waals surface area contributed by atoms with Gasteiger partial charge >= 0.3 is 0 Å². The molecule has 2 aromatic carbocycles. The van der Waals surface area contributed by atoms with Crippen molar-refractivity contribution >= 4 is 23.2 Å². The van der Waals surface area contributed by atoms with Crippen LogP contribution in [0.4, 0.5) is 15.8 Å². The average molecular weight is 340 g/mol. The molecule has 1 aliphatic rings. The summed E-state index contributed by atoms with van der Waals surface area (Å²) in [5, 5.41) is 5.59. The van der Waals surface area contributed by atoms with E-state index in [0.29, 0.717) is 29.8 Å². The average Bonchev–Trinajstić information content (AvgIpc) is 3.07. The number of nitrogens with one attached hydrogen (secondary N) is 2. The van der Waals surface area contributed by atoms with Gasteiger partial charge in [0.25, 0.3) is 0 Å². The molecule has 0 spiro atoms. The van der Waals surface area contributed by atoms with Gasteiger partial charge in [-0.2, -0.15) is 0 Å². The van der Waals surface area contributed by atoms with Crippen molar-refractivity contribution in [1.82, 2.24) is 0 Å². The van der Waals surface area contributed by atoms with Gasteiger partial charge in [-0.05, 0) is 43.2 Å². The lowest BCUT2D eigenvalue weighted by Gasteiger charge is -2.28. The Balaban J connectivity index is 1.83. The van der Waals surface area contributed by atoms with Crippen molar-refractivity contribution in [3.63, 3.8) is 0 Å². The number of anilines is 2. The van der Waals surface area contributed by atoms with Gasteiger partial charge in [-0.3, -0.25) is 9.59 Å². The van der Waals surface area contributed by atoms with Crippen LogP contribution in [-0.4, -0.2) is 11.8 Å². The molecule has 1 saturated carbocycles. The maximum absolute atomic E-state index is 14.3. The Bertz CT molecular complexity index is 781. The van der Waals surface area contributed by atoms with Gasteiger partial charge in [0, 0.05) is 23.9 Å². The summed E-state index contributed by atoms with van der Waals surface area (Å²) in [6, 6.07) is 13.4. The van der Waals surface area contributed by atoms with Crippen molar-refractivity contribution in [3.05, 3.63) is 59.9 Å². The molecule has 4 nitrogen and oxygen atoms in total. The summed E-state index contributed by atoms with van der Waals surface area (Å²) in [6.07, 6.45) is 3.10. The maximum atomic E-state index is 14.3. The molecule has 3 rings (SSSR count). The summed E-state index contributed by atoms with van der Waals surface area (Å²) in [7, 11) is 0. The van der Waals surface area contributed by atoms with Crippen LogP contribution in [0.2, 0.25) is 0 Å². The van der Waals surface area contributed by atoms with Crippen LogP contribution in [0.3, 0.4) is 0 Å². The maximum Gasteiger partial charge on any atom is 0.235 e. The number of halogens is 1. The summed E-state index contributed by atoms with van der Waals surface area (Å²) >= 11 is 0. The van der Waals surface area contributed by atoms with Crippen molar-refractivity contribution in [3.8, 4) is 0 Å². The molecule has 0 heterocycles. The molecule has 1 aliphatic carbocycles. The lowest BCUT2D eigenvalue weighted by Crippen LogP contribution is -2.38. The zero-order valence-electron chi connectivity index (χ0n) is 14.1. The monoisotopic (exact) mass is 340 g/mol. The van der Waals surface area contributed by atoms with Crippen LogP contribution in [0.1, 0.15) is 38.2 Å². The van der Waals surface area contributed by atoms with Crippen LogP contribution in [-0.2, 0) is 15.0 Å². The lowest BCUT2D eigenvalue weighted by molar-refractivity contribution is -0.121. The van der Waals surface area contributed by atoms with E-state index in [9.17, 15) is 14.0 Å². The zero-order valence-corrected chi connectivity index (χ0v) is 14.1. The highest BCUT2D eigenvalue weighted by Gasteiger charge is 2.44. The number of benzene rings is 2. The van der Waals surface area contributed by atoms with Gasteiger partial charge in [0.05, 0.1) is 5.41 Å². The zero-order chi connectivity index (χ0) is 17.9. The normalized spacial score (nSPS) is 15.6. The molecule has 1 fully saturated rings. The number of hydrogen-bond acceptors (Lipinski definition) is 2. The second-order valence-electron chi connectivity index (χ2n) is 6.48. The summed E-state index contributed by atoms with van der Waals surface area (Å²) in [5.74, 6) is -0.663. The molecule has 25 heavy (non-hydrogen) atoms. The first-order valence-electron chi connectivity index (χ1n) is 8.45. The van der Waals surface area contributed by atoms with Crippen LogP contribution < -0.4 is 10.6 Å². The molecule has 0 unspecified atom stereocenters. The van der Waals surface area contributed by atoms with Gasteiger partial charge in [-0.15, -0.1) is 0 Å². The molecule has 0 radical (unpaired) electrons. The molecule has 0 aliphatic heterocycles. The molecule has 0 saturated heterocycles. The van der Waals surface area contributed by atoms with Gasteiger partial charge in [-0.1, -0.05) is 31.0 Å². The molecule has 5 heteroatoms. The van der Waals surface area contributed by atoms with Crippen LogP contribution in [0.25, 0.3) is 0 Å². The second kappa shape index (κ2) is 7.05. The quantitative estimate of drug-likeness (QED) is 0.875. The smallest absolute Gasteiger partial charge is 0.235 e. The number of amides is 2. The third kappa shape index (κ3) is 3.55. The highest BCUT2D eigenvalue weighted by Crippen LogP contribution is 2.43. The Morgan fingerprint density at radius 2 is 1.48 bits per heavy atom. The highest BCUT2D eigenvalue weighted by atomic mass is 19.1. The first-order valence-corrected chi connectivity index (χ1v) is 8.45. The van der Waals surface area contributed by atoms with Gasteiger partial charge in [0.15, 0.2) is 0 Å². The van der Waals surface area contributed by atoms with Crippen molar-refractivity contribution in [2.45, 2.75) is 38.0 Å². The van der Waals surface area contributed by atoms with E-state index in [0.717, 1.165) is 12.8 Å². The van der Waals surface area contributed by atoms with Crippen LogP contribution in [0, 0.1) is 5.82 Å². The van der Waals surface area contributed by atoms with Crippen molar-refractivity contribution in [1.29, 1.82) is 0 Å². The first kappa shape index (κ1) is 17.1. The first-order chi connectivity index (χ1) is 12.0. The van der Waals surface area contributed by atoms with Crippen LogP contribution in [0.15, 0.2) is 48.5 Å². The van der Waals surface area contributed by atoms with Gasteiger partial charge in [-0.25, -0.2) is 4.39 Å². The molecular formula is C20H21FN2O2. The van der Waals surface area contributed by atoms with E-state index in [1.54, 1.807) is 42.5 Å². The highest BCUT2D eigenvalue weighted by molar-refractivity contribution is 5.99. The third-order valence-electron chi connectivity index (χ3n) is 4.74. The fourth-order valence-electron chi connectivity index (χ4n) is 3.54. The Kier molecular flexibility index (Phi) is 4.83. The summed E-state index contributed by atoms with van der Waals surface area (Å²) in [6.45, 7) is 1.44. The predicted octanol–water partition coefficient (Wildman–Crippen LogP) is 4.23. The van der Waals surface area contributed by atoms with E-state index in [2.05, 4.69) is 10.6 Å². The predicted molar refractivity (Wildman–Crippen MR) is 95.9 cm³/mol. The van der Waals surface area contributed by atoms with E-state index < -0.39 is 5.41 Å². The minimum atomic E-state index is -0.818. The van der Waals surface area contributed by atoms with Crippen LogP contribution >= 0.6 is 0 Å². The van der Waals surface area contributed by atoms with Crippen molar-refractivity contribution in [2.75, 3.05) is 10.6 Å². The number of carbonyl (C=O) groups is 2. The lowest BCUT2D eigenvalue weighted by atomic mass is 9.77. The Morgan fingerprint density at radius 3 is 2.04 bits per heavy atom. The van der Waals surface area contributed by atoms with Crippen LogP contribution in [0.5, 0.6) is 0 Å². The Morgan fingerprint density at radius 1 is 0.920 bits per heavy atom. The summed E-state index contributed by atoms with van der Waals surface area (Å²) in [4.78, 5) is 24.1. The minimum Gasteiger partial charge on any atom is -0.326 e. The Hall–Kier alpha value is -2.69. The SMILES string of the molecule is CC(=O)Nc1ccc(NC(=O)C2(c3ccccc3F)CCCC2)cc1. The van der Waals surface area contributed by atoms with Crippen molar-refractivity contribution in [2.24, 2.45) is 0 Å². The van der Waals surface area contributed by atoms with Crippen molar-refractivity contribution < 1.29 is 14.0 Å². The third-order valence-corrected chi connectivity index (χ3v) is 4.74. The minimum absolute atomic E-state index is 0.152. The van der Waals surface area contributed by atoms with E-state index in [4.69, 9.17) is 0 Å². The number of hydrogen-bond donors (Lipinski definition) is 2. The Labute approximate surface area is 146 Å². The molecule has 2 aromatic rings. The molecule has 130 valence electrons. The molecule has 0 aromatic heterocycles. The standard InChI is InChI=1S/C20H21FN2O2/c1-14(24)22-15-8-10-16(11-9-15)23-19(25)20(12-4-5-13-20)17-6-2-3-7-18(17)21/h2-3,6-11H,4-5,12-13H2,1H3,(H,22,24)(H,23,25). The number of rotatable bonds is 4. The summed E-state index contributed by atoms with van der Waals surface area (Å²) < 4.78 is 14.3. The molecule has 2 amide bonds. The molecular weight excluding hydrogens is 319 g/mol. The molecule has 2 N–H and O–H groups in total.